The van der Waals surface area contributed by atoms with Gasteiger partial charge in [0.2, 0.25) is 11.8 Å². The number of hydrogen-bond donors (Lipinski definition) is 1. The first kappa shape index (κ1) is 17.9. The van der Waals surface area contributed by atoms with Gasteiger partial charge >= 0.3 is 0 Å². The van der Waals surface area contributed by atoms with E-state index >= 15 is 0 Å². The average Bonchev–Trinajstić information content (AvgIpc) is 2.41. The van der Waals surface area contributed by atoms with Crippen LogP contribution in [0.5, 0.6) is 0 Å². The first-order valence-corrected chi connectivity index (χ1v) is 9.44. The Morgan fingerprint density at radius 3 is 2.00 bits per heavy atom. The number of piperazine rings is 1. The highest BCUT2D eigenvalue weighted by molar-refractivity contribution is 7.90. The molecule has 1 saturated heterocycles. The first-order valence-electron chi connectivity index (χ1n) is 7.38. The molecule has 0 aromatic carbocycles. The van der Waals surface area contributed by atoms with Gasteiger partial charge in [-0.15, -0.1) is 0 Å². The Bertz CT molecular complexity index is 525. The van der Waals surface area contributed by atoms with E-state index in [1.807, 2.05) is 20.8 Å². The van der Waals surface area contributed by atoms with E-state index in [-0.39, 0.29) is 24.1 Å². The third kappa shape index (κ3) is 3.22. The molecule has 0 bridgehead atoms. The van der Waals surface area contributed by atoms with Crippen molar-refractivity contribution in [3.63, 3.8) is 0 Å². The zero-order valence-electron chi connectivity index (χ0n) is 13.5. The number of carbonyl (C=O) groups is 2. The number of rotatable bonds is 6. The normalized spacial score (nSPS) is 25.9. The summed E-state index contributed by atoms with van der Waals surface area (Å²) in [5.41, 5.74) is -1.90. The van der Waals surface area contributed by atoms with Crippen molar-refractivity contribution in [2.45, 2.75) is 58.0 Å². The zero-order valence-corrected chi connectivity index (χ0v) is 14.3. The molecule has 0 saturated carbocycles. The molecule has 1 atom stereocenters. The molecule has 1 N–H and O–H groups in total. The molecular weight excluding hydrogens is 292 g/mol. The van der Waals surface area contributed by atoms with E-state index in [0.717, 1.165) is 6.26 Å². The summed E-state index contributed by atoms with van der Waals surface area (Å²) in [6.45, 7) is 7.27. The number of carbonyl (C=O) groups excluding carboxylic acids is 2. The van der Waals surface area contributed by atoms with Crippen LogP contribution in [0.15, 0.2) is 0 Å². The predicted molar refractivity (Wildman–Crippen MR) is 81.6 cm³/mol. The Balaban J connectivity index is 3.22. The van der Waals surface area contributed by atoms with Crippen LogP contribution >= 0.6 is 0 Å². The lowest BCUT2D eigenvalue weighted by Crippen LogP contribution is -2.74. The second-order valence-corrected chi connectivity index (χ2v) is 8.22. The fourth-order valence-electron chi connectivity index (χ4n) is 2.70. The van der Waals surface area contributed by atoms with Crippen molar-refractivity contribution >= 4 is 21.7 Å². The van der Waals surface area contributed by atoms with Gasteiger partial charge in [0.05, 0.1) is 5.75 Å². The average molecular weight is 318 g/mol. The topological polar surface area (TPSA) is 83.6 Å². The molecule has 1 rings (SSSR count). The molecule has 1 aliphatic heterocycles. The van der Waals surface area contributed by atoms with Crippen LogP contribution in [0.1, 0.15) is 47.0 Å². The highest BCUT2D eigenvalue weighted by Gasteiger charge is 2.54. The van der Waals surface area contributed by atoms with E-state index in [4.69, 9.17) is 0 Å². The van der Waals surface area contributed by atoms with Gasteiger partial charge in [0, 0.05) is 12.8 Å². The van der Waals surface area contributed by atoms with E-state index < -0.39 is 20.9 Å². The number of amides is 2. The van der Waals surface area contributed by atoms with Crippen molar-refractivity contribution in [3.05, 3.63) is 0 Å². The van der Waals surface area contributed by atoms with E-state index in [1.165, 1.54) is 4.90 Å². The molecule has 1 unspecified atom stereocenters. The van der Waals surface area contributed by atoms with Gasteiger partial charge in [0.25, 0.3) is 0 Å². The van der Waals surface area contributed by atoms with E-state index in [2.05, 4.69) is 5.32 Å². The zero-order chi connectivity index (χ0) is 16.5. The van der Waals surface area contributed by atoms with Crippen LogP contribution in [0.4, 0.5) is 0 Å². The molecule has 122 valence electrons. The number of nitrogens with zero attached hydrogens (tertiary/aromatic N) is 1. The summed E-state index contributed by atoms with van der Waals surface area (Å²) in [5, 5.41) is 2.87. The number of hydrogen-bond acceptors (Lipinski definition) is 4. The lowest BCUT2D eigenvalue weighted by molar-refractivity contribution is -0.162. The Morgan fingerprint density at radius 2 is 1.62 bits per heavy atom. The maximum absolute atomic E-state index is 12.9. The third-order valence-electron chi connectivity index (χ3n) is 4.67. The van der Waals surface area contributed by atoms with Crippen molar-refractivity contribution < 1.29 is 18.0 Å². The minimum Gasteiger partial charge on any atom is -0.340 e. The van der Waals surface area contributed by atoms with Crippen LogP contribution in [-0.2, 0) is 19.4 Å². The highest BCUT2D eigenvalue weighted by atomic mass is 32.2. The molecule has 0 aromatic rings. The van der Waals surface area contributed by atoms with Crippen LogP contribution in [0.2, 0.25) is 0 Å². The summed E-state index contributed by atoms with van der Waals surface area (Å²) in [6.07, 6.45) is 2.56. The van der Waals surface area contributed by atoms with Gasteiger partial charge in [0.1, 0.15) is 20.9 Å². The van der Waals surface area contributed by atoms with E-state index in [9.17, 15) is 18.0 Å². The molecule has 21 heavy (non-hydrogen) atoms. The van der Waals surface area contributed by atoms with Crippen molar-refractivity contribution in [2.75, 3.05) is 18.6 Å². The Kier molecular flexibility index (Phi) is 5.08. The Morgan fingerprint density at radius 1 is 1.10 bits per heavy atom. The predicted octanol–water partition coefficient (Wildman–Crippen LogP) is 0.717. The quantitative estimate of drug-likeness (QED) is 0.782. The van der Waals surface area contributed by atoms with Crippen molar-refractivity contribution in [1.29, 1.82) is 0 Å². The van der Waals surface area contributed by atoms with Gasteiger partial charge in [-0.1, -0.05) is 20.8 Å². The van der Waals surface area contributed by atoms with Crippen molar-refractivity contribution in [1.82, 2.24) is 10.2 Å². The van der Waals surface area contributed by atoms with Gasteiger partial charge in [0.15, 0.2) is 0 Å². The van der Waals surface area contributed by atoms with Crippen LogP contribution in [-0.4, -0.2) is 54.8 Å². The lowest BCUT2D eigenvalue weighted by atomic mass is 9.81. The van der Waals surface area contributed by atoms with Crippen molar-refractivity contribution in [2.24, 2.45) is 0 Å². The second-order valence-electron chi connectivity index (χ2n) is 5.96. The molecule has 7 heteroatoms. The Labute approximate surface area is 127 Å². The van der Waals surface area contributed by atoms with Crippen LogP contribution in [0, 0.1) is 0 Å². The minimum atomic E-state index is -3.20. The molecule has 1 heterocycles. The summed E-state index contributed by atoms with van der Waals surface area (Å²) < 4.78 is 22.8. The standard InChI is InChI=1S/C14H26N2O4S/c1-6-13(4)11(17)15-14(7-2,8-3)12(18)16(13)9-10-21(5,19)20/h6-10H2,1-5H3,(H,15,17). The molecule has 0 aliphatic carbocycles. The first-order chi connectivity index (χ1) is 9.56. The maximum atomic E-state index is 12.9. The smallest absolute Gasteiger partial charge is 0.249 e. The van der Waals surface area contributed by atoms with Gasteiger partial charge in [-0.25, -0.2) is 8.42 Å². The molecule has 2 amide bonds. The molecule has 0 spiro atoms. The van der Waals surface area contributed by atoms with E-state index in [0.29, 0.717) is 19.3 Å². The fourth-order valence-corrected chi connectivity index (χ4v) is 3.21. The van der Waals surface area contributed by atoms with Crippen LogP contribution < -0.4 is 5.32 Å². The second kappa shape index (κ2) is 5.94. The Hall–Kier alpha value is -1.11. The van der Waals surface area contributed by atoms with Crippen molar-refractivity contribution in [3.8, 4) is 0 Å². The third-order valence-corrected chi connectivity index (χ3v) is 5.60. The van der Waals surface area contributed by atoms with Gasteiger partial charge < -0.3 is 10.2 Å². The summed E-state index contributed by atoms with van der Waals surface area (Å²) in [5.74, 6) is -0.521. The maximum Gasteiger partial charge on any atom is 0.249 e. The largest absolute Gasteiger partial charge is 0.340 e. The van der Waals surface area contributed by atoms with Gasteiger partial charge in [-0.05, 0) is 26.2 Å². The molecule has 1 aliphatic rings. The van der Waals surface area contributed by atoms with Gasteiger partial charge in [-0.2, -0.15) is 0 Å². The molecule has 0 aromatic heterocycles. The minimum absolute atomic E-state index is 0.0528. The van der Waals surface area contributed by atoms with Crippen LogP contribution in [0.3, 0.4) is 0 Å². The fraction of sp³-hybridized carbons (Fsp3) is 0.857. The highest BCUT2D eigenvalue weighted by Crippen LogP contribution is 2.32. The molecule has 0 radical (unpaired) electrons. The summed E-state index contributed by atoms with van der Waals surface area (Å²) >= 11 is 0. The number of nitrogens with one attached hydrogen (secondary N) is 1. The van der Waals surface area contributed by atoms with Crippen LogP contribution in [0.25, 0.3) is 0 Å². The summed E-state index contributed by atoms with van der Waals surface area (Å²) in [4.78, 5) is 26.8. The monoisotopic (exact) mass is 318 g/mol. The molecule has 6 nitrogen and oxygen atoms in total. The summed E-state index contributed by atoms with van der Waals surface area (Å²) in [6, 6.07) is 0. The summed E-state index contributed by atoms with van der Waals surface area (Å²) in [7, 11) is -3.20. The SMILES string of the molecule is CCC1(CC)NC(=O)C(C)(CC)N(CCS(C)(=O)=O)C1=O. The van der Waals surface area contributed by atoms with E-state index in [1.54, 1.807) is 6.92 Å². The molecular formula is C14H26N2O4S. The molecule has 1 fully saturated rings. The van der Waals surface area contributed by atoms with Gasteiger partial charge in [-0.3, -0.25) is 9.59 Å². The number of sulfone groups is 1. The lowest BCUT2D eigenvalue weighted by Gasteiger charge is -2.50.